The number of imidazole rings is 1. The zero-order valence-corrected chi connectivity index (χ0v) is 12.4. The highest BCUT2D eigenvalue weighted by atomic mass is 16.5. The van der Waals surface area contributed by atoms with Gasteiger partial charge in [0.05, 0.1) is 12.6 Å². The molecule has 0 bridgehead atoms. The summed E-state index contributed by atoms with van der Waals surface area (Å²) in [5, 5.41) is 3.61. The highest BCUT2D eigenvalue weighted by Crippen LogP contribution is 2.28. The van der Waals surface area contributed by atoms with E-state index < -0.39 is 0 Å². The van der Waals surface area contributed by atoms with Crippen molar-refractivity contribution in [3.8, 4) is 0 Å². The summed E-state index contributed by atoms with van der Waals surface area (Å²) in [6.07, 6.45) is 10.5. The van der Waals surface area contributed by atoms with Gasteiger partial charge in [-0.25, -0.2) is 4.98 Å². The molecule has 1 saturated carbocycles. The van der Waals surface area contributed by atoms with E-state index in [2.05, 4.69) is 28.7 Å². The highest BCUT2D eigenvalue weighted by Gasteiger charge is 2.21. The van der Waals surface area contributed by atoms with Crippen molar-refractivity contribution in [3.05, 3.63) is 12.4 Å². The van der Waals surface area contributed by atoms with Crippen molar-refractivity contribution in [1.29, 1.82) is 0 Å². The van der Waals surface area contributed by atoms with Gasteiger partial charge in [-0.05, 0) is 38.5 Å². The van der Waals surface area contributed by atoms with E-state index in [1.54, 1.807) is 7.11 Å². The summed E-state index contributed by atoms with van der Waals surface area (Å²) in [5.41, 5.74) is 0. The van der Waals surface area contributed by atoms with Crippen LogP contribution in [0.2, 0.25) is 0 Å². The van der Waals surface area contributed by atoms with Crippen LogP contribution in [0.3, 0.4) is 0 Å². The van der Waals surface area contributed by atoms with E-state index in [1.807, 2.05) is 12.4 Å². The van der Waals surface area contributed by atoms with Gasteiger partial charge in [0.15, 0.2) is 0 Å². The Balaban J connectivity index is 1.91. The molecule has 4 heteroatoms. The second kappa shape index (κ2) is 6.94. The monoisotopic (exact) mass is 265 g/mol. The number of aromatic nitrogens is 2. The molecular weight excluding hydrogens is 238 g/mol. The molecule has 4 nitrogen and oxygen atoms in total. The van der Waals surface area contributed by atoms with Crippen molar-refractivity contribution in [3.63, 3.8) is 0 Å². The molecule has 0 amide bonds. The molecule has 19 heavy (non-hydrogen) atoms. The topological polar surface area (TPSA) is 39.1 Å². The first-order valence-electron chi connectivity index (χ1n) is 7.52. The molecule has 0 spiro atoms. The lowest BCUT2D eigenvalue weighted by atomic mass is 9.85. The molecule has 108 valence electrons. The lowest BCUT2D eigenvalue weighted by Crippen LogP contribution is -2.28. The van der Waals surface area contributed by atoms with Crippen molar-refractivity contribution < 1.29 is 4.74 Å². The van der Waals surface area contributed by atoms with Gasteiger partial charge >= 0.3 is 0 Å². The van der Waals surface area contributed by atoms with Crippen LogP contribution in [0, 0.1) is 5.92 Å². The van der Waals surface area contributed by atoms with Crippen molar-refractivity contribution >= 4 is 5.95 Å². The van der Waals surface area contributed by atoms with Gasteiger partial charge in [0.25, 0.3) is 0 Å². The SMILES string of the molecule is CCC1CCC(Nc2nccn2C(C)COC)CC1. The third kappa shape index (κ3) is 3.72. The smallest absolute Gasteiger partial charge is 0.203 e. The van der Waals surface area contributed by atoms with Crippen LogP contribution in [-0.4, -0.2) is 29.3 Å². The molecule has 0 saturated heterocycles. The number of nitrogens with one attached hydrogen (secondary N) is 1. The summed E-state index contributed by atoms with van der Waals surface area (Å²) in [6.45, 7) is 5.18. The van der Waals surface area contributed by atoms with Gasteiger partial charge in [-0.1, -0.05) is 13.3 Å². The summed E-state index contributed by atoms with van der Waals surface area (Å²) >= 11 is 0. The largest absolute Gasteiger partial charge is 0.383 e. The van der Waals surface area contributed by atoms with Crippen LogP contribution in [-0.2, 0) is 4.74 Å². The van der Waals surface area contributed by atoms with Gasteiger partial charge < -0.3 is 14.6 Å². The Morgan fingerprint density at radius 3 is 2.79 bits per heavy atom. The molecule has 1 unspecified atom stereocenters. The number of hydrogen-bond donors (Lipinski definition) is 1. The van der Waals surface area contributed by atoms with E-state index >= 15 is 0 Å². The molecule has 1 aromatic heterocycles. The Hall–Kier alpha value is -1.03. The number of ether oxygens (including phenoxy) is 1. The average Bonchev–Trinajstić information content (AvgIpc) is 2.88. The maximum Gasteiger partial charge on any atom is 0.203 e. The lowest BCUT2D eigenvalue weighted by molar-refractivity contribution is 0.163. The predicted molar refractivity (Wildman–Crippen MR) is 78.5 cm³/mol. The first kappa shape index (κ1) is 14.4. The fourth-order valence-corrected chi connectivity index (χ4v) is 3.00. The van der Waals surface area contributed by atoms with Gasteiger partial charge in [-0.2, -0.15) is 0 Å². The second-order valence-electron chi connectivity index (χ2n) is 5.73. The number of nitrogens with zero attached hydrogens (tertiary/aromatic N) is 2. The van der Waals surface area contributed by atoms with Gasteiger partial charge in [0, 0.05) is 25.5 Å². The first-order chi connectivity index (χ1) is 9.24. The lowest BCUT2D eigenvalue weighted by Gasteiger charge is -2.29. The maximum absolute atomic E-state index is 5.22. The summed E-state index contributed by atoms with van der Waals surface area (Å²) in [6, 6.07) is 0.903. The molecule has 1 fully saturated rings. The van der Waals surface area contributed by atoms with Crippen LogP contribution < -0.4 is 5.32 Å². The third-order valence-corrected chi connectivity index (χ3v) is 4.31. The minimum absolute atomic E-state index is 0.321. The Labute approximate surface area is 116 Å². The van der Waals surface area contributed by atoms with Crippen LogP contribution in [0.15, 0.2) is 12.4 Å². The maximum atomic E-state index is 5.22. The Kier molecular flexibility index (Phi) is 5.25. The number of methoxy groups -OCH3 is 1. The molecule has 1 N–H and O–H groups in total. The summed E-state index contributed by atoms with van der Waals surface area (Å²) in [5.74, 6) is 1.93. The molecule has 1 aliphatic rings. The van der Waals surface area contributed by atoms with Crippen LogP contribution in [0.4, 0.5) is 5.95 Å². The Bertz CT molecular complexity index is 369. The number of rotatable bonds is 6. The molecule has 1 aliphatic carbocycles. The van der Waals surface area contributed by atoms with Crippen LogP contribution in [0.1, 0.15) is 52.0 Å². The fraction of sp³-hybridized carbons (Fsp3) is 0.800. The van der Waals surface area contributed by atoms with Gasteiger partial charge in [-0.3, -0.25) is 0 Å². The average molecular weight is 265 g/mol. The quantitative estimate of drug-likeness (QED) is 0.856. The van der Waals surface area contributed by atoms with E-state index in [0.29, 0.717) is 18.7 Å². The standard InChI is InChI=1S/C15H27N3O/c1-4-13-5-7-14(8-6-13)17-15-16-9-10-18(15)12(2)11-19-3/h9-10,12-14H,4-8,11H2,1-3H3,(H,16,17). The first-order valence-corrected chi connectivity index (χ1v) is 7.52. The fourth-order valence-electron chi connectivity index (χ4n) is 3.00. The van der Waals surface area contributed by atoms with Gasteiger partial charge in [-0.15, -0.1) is 0 Å². The Morgan fingerprint density at radius 1 is 1.42 bits per heavy atom. The van der Waals surface area contributed by atoms with Crippen molar-refractivity contribution in [1.82, 2.24) is 9.55 Å². The van der Waals surface area contributed by atoms with E-state index in [9.17, 15) is 0 Å². The van der Waals surface area contributed by atoms with Gasteiger partial charge in [0.1, 0.15) is 0 Å². The zero-order chi connectivity index (χ0) is 13.7. The molecule has 0 aliphatic heterocycles. The van der Waals surface area contributed by atoms with E-state index in [-0.39, 0.29) is 0 Å². The molecule has 2 rings (SSSR count). The van der Waals surface area contributed by atoms with Crippen LogP contribution in [0.25, 0.3) is 0 Å². The molecule has 0 radical (unpaired) electrons. The van der Waals surface area contributed by atoms with Crippen molar-refractivity contribution in [2.24, 2.45) is 5.92 Å². The Morgan fingerprint density at radius 2 is 2.16 bits per heavy atom. The molecule has 1 aromatic rings. The normalized spacial score (nSPS) is 25.2. The molecule has 1 heterocycles. The van der Waals surface area contributed by atoms with Gasteiger partial charge in [0.2, 0.25) is 5.95 Å². The summed E-state index contributed by atoms with van der Waals surface area (Å²) in [4.78, 5) is 4.45. The van der Waals surface area contributed by atoms with Crippen LogP contribution in [0.5, 0.6) is 0 Å². The van der Waals surface area contributed by atoms with E-state index in [4.69, 9.17) is 4.74 Å². The molecule has 1 atom stereocenters. The van der Waals surface area contributed by atoms with Crippen molar-refractivity contribution in [2.45, 2.75) is 58.0 Å². The summed E-state index contributed by atoms with van der Waals surface area (Å²) < 4.78 is 7.40. The summed E-state index contributed by atoms with van der Waals surface area (Å²) in [7, 11) is 1.74. The molecule has 0 aromatic carbocycles. The minimum Gasteiger partial charge on any atom is -0.383 e. The predicted octanol–water partition coefficient (Wildman–Crippen LogP) is 3.47. The number of anilines is 1. The second-order valence-corrected chi connectivity index (χ2v) is 5.73. The van der Waals surface area contributed by atoms with E-state index in [1.165, 1.54) is 32.1 Å². The third-order valence-electron chi connectivity index (χ3n) is 4.31. The minimum atomic E-state index is 0.321. The highest BCUT2D eigenvalue weighted by molar-refractivity contribution is 5.28. The zero-order valence-electron chi connectivity index (χ0n) is 12.4. The van der Waals surface area contributed by atoms with E-state index in [0.717, 1.165) is 11.9 Å². The van der Waals surface area contributed by atoms with Crippen molar-refractivity contribution in [2.75, 3.05) is 19.0 Å². The number of hydrogen-bond acceptors (Lipinski definition) is 3. The molecular formula is C15H27N3O. The van der Waals surface area contributed by atoms with Crippen LogP contribution >= 0.6 is 0 Å².